The largest absolute Gasteiger partial charge is 0.486 e. The first-order valence-corrected chi connectivity index (χ1v) is 6.71. The van der Waals surface area contributed by atoms with E-state index in [0.717, 1.165) is 23.2 Å². The van der Waals surface area contributed by atoms with Gasteiger partial charge in [0.1, 0.15) is 6.61 Å². The highest BCUT2D eigenvalue weighted by atomic mass is 19.1. The zero-order valence-electron chi connectivity index (χ0n) is 11.8. The first-order chi connectivity index (χ1) is 9.69. The lowest BCUT2D eigenvalue weighted by Crippen LogP contribution is -2.11. The molecule has 20 heavy (non-hydrogen) atoms. The Hall–Kier alpha value is -1.94. The molecule has 1 heterocycles. The first kappa shape index (κ1) is 14.5. The molecule has 0 aliphatic heterocycles. The molecule has 4 heteroatoms. The quantitative estimate of drug-likeness (QED) is 0.878. The number of hydrogen-bond donors (Lipinski definition) is 1. The van der Waals surface area contributed by atoms with Gasteiger partial charge in [-0.25, -0.2) is 4.39 Å². The summed E-state index contributed by atoms with van der Waals surface area (Å²) in [5, 5.41) is 3.16. The summed E-state index contributed by atoms with van der Waals surface area (Å²) in [5.41, 5.74) is 2.91. The molecule has 0 fully saturated rings. The zero-order chi connectivity index (χ0) is 14.4. The average molecular weight is 274 g/mol. The van der Waals surface area contributed by atoms with Crippen LogP contribution in [-0.2, 0) is 13.2 Å². The Balaban J connectivity index is 1.99. The number of aromatic nitrogens is 1. The molecule has 106 valence electrons. The van der Waals surface area contributed by atoms with Gasteiger partial charge in [0.2, 0.25) is 0 Å². The maximum Gasteiger partial charge on any atom is 0.165 e. The standard InChI is InChI=1S/C16H19FN2O/c1-3-18-9-13-4-5-16(15(17)7-13)20-11-14-6-12(2)8-19-10-14/h4-8,10,18H,3,9,11H2,1-2H3. The fourth-order valence-corrected chi connectivity index (χ4v) is 1.90. The van der Waals surface area contributed by atoms with Crippen molar-refractivity contribution in [2.75, 3.05) is 6.54 Å². The Labute approximate surface area is 118 Å². The minimum absolute atomic E-state index is 0.270. The van der Waals surface area contributed by atoms with Gasteiger partial charge >= 0.3 is 0 Å². The van der Waals surface area contributed by atoms with Crippen LogP contribution in [0.5, 0.6) is 5.75 Å². The van der Waals surface area contributed by atoms with E-state index >= 15 is 0 Å². The number of pyridine rings is 1. The third kappa shape index (κ3) is 4.03. The molecule has 0 amide bonds. The van der Waals surface area contributed by atoms with Crippen molar-refractivity contribution in [3.05, 3.63) is 59.2 Å². The number of nitrogens with one attached hydrogen (secondary N) is 1. The molecule has 1 aromatic heterocycles. The Bertz CT molecular complexity index is 572. The fourth-order valence-electron chi connectivity index (χ4n) is 1.90. The van der Waals surface area contributed by atoms with Crippen LogP contribution in [0.3, 0.4) is 0 Å². The number of benzene rings is 1. The van der Waals surface area contributed by atoms with Crippen molar-refractivity contribution < 1.29 is 9.13 Å². The topological polar surface area (TPSA) is 34.1 Å². The molecule has 2 rings (SSSR count). The van der Waals surface area contributed by atoms with E-state index < -0.39 is 0 Å². The number of rotatable bonds is 6. The second kappa shape index (κ2) is 7.01. The number of aryl methyl sites for hydroxylation is 1. The minimum Gasteiger partial charge on any atom is -0.486 e. The van der Waals surface area contributed by atoms with Gasteiger partial charge in [0.05, 0.1) is 0 Å². The van der Waals surface area contributed by atoms with Crippen molar-refractivity contribution in [2.24, 2.45) is 0 Å². The van der Waals surface area contributed by atoms with E-state index in [2.05, 4.69) is 10.3 Å². The third-order valence-electron chi connectivity index (χ3n) is 2.90. The highest BCUT2D eigenvalue weighted by Gasteiger charge is 2.05. The van der Waals surface area contributed by atoms with Crippen LogP contribution in [0.4, 0.5) is 4.39 Å². The van der Waals surface area contributed by atoms with E-state index in [1.807, 2.05) is 26.0 Å². The van der Waals surface area contributed by atoms with Crippen LogP contribution >= 0.6 is 0 Å². The van der Waals surface area contributed by atoms with E-state index in [4.69, 9.17) is 4.74 Å². The highest BCUT2D eigenvalue weighted by Crippen LogP contribution is 2.19. The van der Waals surface area contributed by atoms with Gasteiger partial charge in [-0.3, -0.25) is 4.98 Å². The minimum atomic E-state index is -0.332. The Morgan fingerprint density at radius 2 is 2.05 bits per heavy atom. The summed E-state index contributed by atoms with van der Waals surface area (Å²) < 4.78 is 19.4. The average Bonchev–Trinajstić information content (AvgIpc) is 2.44. The summed E-state index contributed by atoms with van der Waals surface area (Å²) in [6.45, 7) is 5.82. The van der Waals surface area contributed by atoms with E-state index in [-0.39, 0.29) is 11.6 Å². The van der Waals surface area contributed by atoms with Crippen LogP contribution in [0.1, 0.15) is 23.6 Å². The van der Waals surface area contributed by atoms with Gasteiger partial charge in [-0.2, -0.15) is 0 Å². The second-order valence-corrected chi connectivity index (χ2v) is 4.70. The van der Waals surface area contributed by atoms with Gasteiger partial charge < -0.3 is 10.1 Å². The molecule has 2 aromatic rings. The normalized spacial score (nSPS) is 10.6. The molecule has 0 unspecified atom stereocenters. The lowest BCUT2D eigenvalue weighted by Gasteiger charge is -2.09. The molecule has 0 radical (unpaired) electrons. The SMILES string of the molecule is CCNCc1ccc(OCc2cncc(C)c2)c(F)c1. The summed E-state index contributed by atoms with van der Waals surface area (Å²) in [6.07, 6.45) is 3.50. The molecule has 0 saturated heterocycles. The summed E-state index contributed by atoms with van der Waals surface area (Å²) >= 11 is 0. The van der Waals surface area contributed by atoms with Crippen molar-refractivity contribution in [1.29, 1.82) is 0 Å². The van der Waals surface area contributed by atoms with Crippen molar-refractivity contribution in [3.8, 4) is 5.75 Å². The molecule has 1 N–H and O–H groups in total. The lowest BCUT2D eigenvalue weighted by atomic mass is 10.2. The van der Waals surface area contributed by atoms with Crippen LogP contribution in [0.25, 0.3) is 0 Å². The second-order valence-electron chi connectivity index (χ2n) is 4.70. The van der Waals surface area contributed by atoms with Crippen LogP contribution in [0.2, 0.25) is 0 Å². The van der Waals surface area contributed by atoms with Crippen molar-refractivity contribution >= 4 is 0 Å². The Morgan fingerprint density at radius 1 is 1.20 bits per heavy atom. The number of nitrogens with zero attached hydrogens (tertiary/aromatic N) is 1. The molecule has 0 bridgehead atoms. The summed E-state index contributed by atoms with van der Waals surface area (Å²) in [6, 6.07) is 7.03. The van der Waals surface area contributed by atoms with Gasteiger partial charge in [-0.1, -0.05) is 13.0 Å². The van der Waals surface area contributed by atoms with Crippen molar-refractivity contribution in [1.82, 2.24) is 10.3 Å². The number of hydrogen-bond acceptors (Lipinski definition) is 3. The molecule has 0 saturated carbocycles. The summed E-state index contributed by atoms with van der Waals surface area (Å²) in [7, 11) is 0. The monoisotopic (exact) mass is 274 g/mol. The summed E-state index contributed by atoms with van der Waals surface area (Å²) in [5.74, 6) is -0.0623. The van der Waals surface area contributed by atoms with Crippen LogP contribution < -0.4 is 10.1 Å². The van der Waals surface area contributed by atoms with E-state index in [1.54, 1.807) is 18.5 Å². The van der Waals surface area contributed by atoms with Crippen LogP contribution in [0.15, 0.2) is 36.7 Å². The van der Waals surface area contributed by atoms with Crippen molar-refractivity contribution in [2.45, 2.75) is 27.0 Å². The Kier molecular flexibility index (Phi) is 5.07. The molecule has 3 nitrogen and oxygen atoms in total. The molecular weight excluding hydrogens is 255 g/mol. The van der Waals surface area contributed by atoms with Crippen LogP contribution in [-0.4, -0.2) is 11.5 Å². The van der Waals surface area contributed by atoms with E-state index in [9.17, 15) is 4.39 Å². The predicted octanol–water partition coefficient (Wildman–Crippen LogP) is 3.22. The highest BCUT2D eigenvalue weighted by molar-refractivity contribution is 5.29. The molecule has 0 spiro atoms. The molecule has 0 aliphatic rings. The molecule has 0 atom stereocenters. The molecular formula is C16H19FN2O. The Morgan fingerprint density at radius 3 is 2.75 bits per heavy atom. The smallest absolute Gasteiger partial charge is 0.165 e. The van der Waals surface area contributed by atoms with Gasteiger partial charge in [0.25, 0.3) is 0 Å². The number of halogens is 1. The van der Waals surface area contributed by atoms with Gasteiger partial charge in [-0.15, -0.1) is 0 Å². The van der Waals surface area contributed by atoms with E-state index in [0.29, 0.717) is 13.2 Å². The third-order valence-corrected chi connectivity index (χ3v) is 2.90. The van der Waals surface area contributed by atoms with Gasteiger partial charge in [0, 0.05) is 24.5 Å². The predicted molar refractivity (Wildman–Crippen MR) is 77.1 cm³/mol. The molecule has 1 aromatic carbocycles. The maximum absolute atomic E-state index is 13.9. The summed E-state index contributed by atoms with van der Waals surface area (Å²) in [4.78, 5) is 4.08. The maximum atomic E-state index is 13.9. The van der Waals surface area contributed by atoms with Gasteiger partial charge in [-0.05, 0) is 42.8 Å². The zero-order valence-corrected chi connectivity index (χ0v) is 11.8. The molecule has 0 aliphatic carbocycles. The van der Waals surface area contributed by atoms with Gasteiger partial charge in [0.15, 0.2) is 11.6 Å². The first-order valence-electron chi connectivity index (χ1n) is 6.71. The van der Waals surface area contributed by atoms with Crippen molar-refractivity contribution in [3.63, 3.8) is 0 Å². The van der Waals surface area contributed by atoms with Crippen LogP contribution in [0, 0.1) is 12.7 Å². The fraction of sp³-hybridized carbons (Fsp3) is 0.312. The number of ether oxygens (including phenoxy) is 1. The lowest BCUT2D eigenvalue weighted by molar-refractivity contribution is 0.289. The van der Waals surface area contributed by atoms with E-state index in [1.165, 1.54) is 6.07 Å².